The topological polar surface area (TPSA) is 66.9 Å². The Labute approximate surface area is 189 Å². The first-order valence-electron chi connectivity index (χ1n) is 11.4. The zero-order valence-corrected chi connectivity index (χ0v) is 20.3. The van der Waals surface area contributed by atoms with Crippen LogP contribution in [0, 0.1) is 11.8 Å². The zero-order valence-electron chi connectivity index (χ0n) is 19.5. The molecule has 0 unspecified atom stereocenters. The van der Waals surface area contributed by atoms with Crippen LogP contribution < -0.4 is 4.90 Å². The van der Waals surface area contributed by atoms with Crippen molar-refractivity contribution < 1.29 is 19.1 Å². The van der Waals surface area contributed by atoms with Crippen LogP contribution in [-0.4, -0.2) is 49.4 Å². The average molecular weight is 449 g/mol. The lowest BCUT2D eigenvalue weighted by atomic mass is 9.82. The fraction of sp³-hybridized carbons (Fsp3) is 0.708. The van der Waals surface area contributed by atoms with E-state index in [-0.39, 0.29) is 29.7 Å². The summed E-state index contributed by atoms with van der Waals surface area (Å²) in [5, 5.41) is 0. The second-order valence-electron chi connectivity index (χ2n) is 10.0. The van der Waals surface area contributed by atoms with Crippen molar-refractivity contribution in [3.05, 3.63) is 15.8 Å². The Morgan fingerprint density at radius 3 is 2.29 bits per heavy atom. The minimum Gasteiger partial charge on any atom is -0.465 e. The summed E-state index contributed by atoms with van der Waals surface area (Å²) in [4.78, 5) is 44.2. The van der Waals surface area contributed by atoms with Crippen molar-refractivity contribution in [1.82, 2.24) is 4.90 Å². The van der Waals surface area contributed by atoms with Gasteiger partial charge in [-0.15, -0.1) is 11.3 Å². The van der Waals surface area contributed by atoms with Crippen molar-refractivity contribution in [2.24, 2.45) is 11.8 Å². The fourth-order valence-electron chi connectivity index (χ4n) is 4.40. The molecule has 1 aliphatic heterocycles. The maximum atomic E-state index is 13.7. The second kappa shape index (κ2) is 9.72. The molecule has 0 radical (unpaired) electrons. The first kappa shape index (κ1) is 23.8. The van der Waals surface area contributed by atoms with E-state index in [1.165, 1.54) is 18.4 Å². The first-order valence-corrected chi connectivity index (χ1v) is 12.2. The van der Waals surface area contributed by atoms with E-state index in [1.54, 1.807) is 4.90 Å². The lowest BCUT2D eigenvalue weighted by Crippen LogP contribution is -2.45. The Kier molecular flexibility index (Phi) is 7.45. The summed E-state index contributed by atoms with van der Waals surface area (Å²) in [6, 6.07) is 1.91. The quantitative estimate of drug-likeness (QED) is 0.617. The van der Waals surface area contributed by atoms with Gasteiger partial charge in [-0.05, 0) is 55.9 Å². The highest BCUT2D eigenvalue weighted by Crippen LogP contribution is 2.39. The van der Waals surface area contributed by atoms with E-state index >= 15 is 0 Å². The van der Waals surface area contributed by atoms with Crippen molar-refractivity contribution in [2.45, 2.75) is 71.6 Å². The van der Waals surface area contributed by atoms with E-state index in [4.69, 9.17) is 4.74 Å². The molecule has 2 heterocycles. The number of esters is 1. The van der Waals surface area contributed by atoms with Crippen molar-refractivity contribution >= 4 is 34.8 Å². The molecule has 6 nitrogen and oxygen atoms in total. The monoisotopic (exact) mass is 448 g/mol. The molecule has 2 amide bonds. The van der Waals surface area contributed by atoms with Crippen molar-refractivity contribution in [3.63, 3.8) is 0 Å². The summed E-state index contributed by atoms with van der Waals surface area (Å²) in [5.74, 6) is -0.0227. The van der Waals surface area contributed by atoms with Crippen LogP contribution in [0.15, 0.2) is 6.07 Å². The molecule has 0 aromatic carbocycles. The van der Waals surface area contributed by atoms with Gasteiger partial charge in [-0.2, -0.15) is 0 Å². The molecular formula is C24H36N2O4S. The number of thiophene rings is 1. The standard InChI is InChI=1S/C24H36N2O4S/c1-16-8-10-17(11-9-16)22(28)26(15-20(27)25-12-6-7-13-25)18-14-19(24(2,3)4)31-21(18)23(29)30-5/h14,16-17H,6-13,15H2,1-5H3. The SMILES string of the molecule is COC(=O)c1sc(C(C)(C)C)cc1N(CC(=O)N1CCCC1)C(=O)C1CCC(C)CC1. The Bertz CT molecular complexity index is 812. The number of anilines is 1. The van der Waals surface area contributed by atoms with Crippen molar-refractivity contribution in [2.75, 3.05) is 31.6 Å². The molecule has 172 valence electrons. The highest BCUT2D eigenvalue weighted by Gasteiger charge is 2.35. The lowest BCUT2D eigenvalue weighted by molar-refractivity contribution is -0.131. The summed E-state index contributed by atoms with van der Waals surface area (Å²) < 4.78 is 5.04. The number of rotatable bonds is 5. The molecule has 1 aromatic rings. The van der Waals surface area contributed by atoms with E-state index in [1.807, 2.05) is 11.0 Å². The van der Waals surface area contributed by atoms with Crippen LogP contribution in [0.4, 0.5) is 5.69 Å². The predicted molar refractivity (Wildman–Crippen MR) is 124 cm³/mol. The van der Waals surface area contributed by atoms with Crippen LogP contribution in [0.25, 0.3) is 0 Å². The number of carbonyl (C=O) groups is 3. The number of ether oxygens (including phenoxy) is 1. The van der Waals surface area contributed by atoms with Gasteiger partial charge in [0.2, 0.25) is 11.8 Å². The number of methoxy groups -OCH3 is 1. The third kappa shape index (κ3) is 5.48. The first-order chi connectivity index (χ1) is 14.6. The number of hydrogen-bond donors (Lipinski definition) is 0. The van der Waals surface area contributed by atoms with Crippen molar-refractivity contribution in [3.8, 4) is 0 Å². The van der Waals surface area contributed by atoms with E-state index in [0.717, 1.165) is 56.5 Å². The molecule has 2 fully saturated rings. The minimum absolute atomic E-state index is 0.0187. The van der Waals surface area contributed by atoms with Crippen LogP contribution >= 0.6 is 11.3 Å². The highest BCUT2D eigenvalue weighted by atomic mass is 32.1. The molecule has 31 heavy (non-hydrogen) atoms. The predicted octanol–water partition coefficient (Wildman–Crippen LogP) is 4.61. The normalized spacial score (nSPS) is 21.8. The Balaban J connectivity index is 1.98. The molecule has 0 atom stereocenters. The number of amides is 2. The molecule has 1 aliphatic carbocycles. The van der Waals surface area contributed by atoms with Gasteiger partial charge in [0.15, 0.2) is 0 Å². The van der Waals surface area contributed by atoms with Crippen molar-refractivity contribution in [1.29, 1.82) is 0 Å². The molecule has 0 spiro atoms. The summed E-state index contributed by atoms with van der Waals surface area (Å²) in [6.45, 7) is 9.91. The molecule has 3 rings (SSSR count). The zero-order chi connectivity index (χ0) is 22.8. The average Bonchev–Trinajstić information content (AvgIpc) is 3.41. The van der Waals surface area contributed by atoms with E-state index in [0.29, 0.717) is 16.5 Å². The Morgan fingerprint density at radius 1 is 1.13 bits per heavy atom. The third-order valence-corrected chi connectivity index (χ3v) is 8.03. The number of carbonyl (C=O) groups excluding carboxylic acids is 3. The number of hydrogen-bond acceptors (Lipinski definition) is 5. The summed E-state index contributed by atoms with van der Waals surface area (Å²) in [6.07, 6.45) is 5.70. The van der Waals surface area contributed by atoms with Crippen LogP contribution in [0.3, 0.4) is 0 Å². The van der Waals surface area contributed by atoms with Gasteiger partial charge in [-0.25, -0.2) is 4.79 Å². The summed E-state index contributed by atoms with van der Waals surface area (Å²) >= 11 is 1.36. The fourth-order valence-corrected chi connectivity index (χ4v) is 5.54. The number of likely N-dealkylation sites (tertiary alicyclic amines) is 1. The molecule has 7 heteroatoms. The smallest absolute Gasteiger partial charge is 0.350 e. The minimum atomic E-state index is -0.459. The van der Waals surface area contributed by atoms with E-state index in [9.17, 15) is 14.4 Å². The van der Waals surface area contributed by atoms with Gasteiger partial charge in [0.1, 0.15) is 11.4 Å². The van der Waals surface area contributed by atoms with Gasteiger partial charge in [-0.3, -0.25) is 9.59 Å². The molecule has 1 aromatic heterocycles. The van der Waals surface area contributed by atoms with Gasteiger partial charge in [0.05, 0.1) is 12.8 Å². The van der Waals surface area contributed by atoms with Gasteiger partial charge >= 0.3 is 5.97 Å². The van der Waals surface area contributed by atoms with Crippen LogP contribution in [0.1, 0.15) is 80.8 Å². The van der Waals surface area contributed by atoms with Gasteiger partial charge in [0, 0.05) is 23.9 Å². The molecule has 0 N–H and O–H groups in total. The summed E-state index contributed by atoms with van der Waals surface area (Å²) in [7, 11) is 1.35. The lowest BCUT2D eigenvalue weighted by Gasteiger charge is -2.31. The maximum Gasteiger partial charge on any atom is 0.350 e. The van der Waals surface area contributed by atoms with E-state index in [2.05, 4.69) is 27.7 Å². The molecule has 1 saturated carbocycles. The molecular weight excluding hydrogens is 412 g/mol. The maximum absolute atomic E-state index is 13.7. The van der Waals surface area contributed by atoms with Gasteiger partial charge in [-0.1, -0.05) is 27.7 Å². The third-order valence-electron chi connectivity index (χ3n) is 6.50. The summed E-state index contributed by atoms with van der Waals surface area (Å²) in [5.41, 5.74) is 0.345. The Morgan fingerprint density at radius 2 is 1.74 bits per heavy atom. The molecule has 0 bridgehead atoms. The van der Waals surface area contributed by atoms with Crippen LogP contribution in [0.2, 0.25) is 0 Å². The largest absolute Gasteiger partial charge is 0.465 e. The van der Waals surface area contributed by atoms with Crippen LogP contribution in [-0.2, 0) is 19.7 Å². The Hall–Kier alpha value is -1.89. The molecule has 1 saturated heterocycles. The molecule has 2 aliphatic rings. The van der Waals surface area contributed by atoms with Crippen LogP contribution in [0.5, 0.6) is 0 Å². The van der Waals surface area contributed by atoms with E-state index < -0.39 is 5.97 Å². The highest BCUT2D eigenvalue weighted by molar-refractivity contribution is 7.14. The second-order valence-corrected chi connectivity index (χ2v) is 11.1. The van der Waals surface area contributed by atoms with Gasteiger partial charge < -0.3 is 14.5 Å². The van der Waals surface area contributed by atoms with Gasteiger partial charge in [0.25, 0.3) is 0 Å². The number of nitrogens with zero attached hydrogens (tertiary/aromatic N) is 2.